The number of carboxylic acid groups (broad SMARTS) is 1. The molecule has 1 fully saturated rings. The third kappa shape index (κ3) is 3.96. The summed E-state index contributed by atoms with van der Waals surface area (Å²) in [6.07, 6.45) is 2.59. The normalized spacial score (nSPS) is 17.8. The molecule has 1 atom stereocenters. The number of carbonyl (C=O) groups is 1. The number of rotatable bonds is 7. The van der Waals surface area contributed by atoms with Gasteiger partial charge < -0.3 is 9.84 Å². The van der Waals surface area contributed by atoms with Gasteiger partial charge in [-0.25, -0.2) is 0 Å². The fourth-order valence-corrected chi connectivity index (χ4v) is 2.00. The van der Waals surface area contributed by atoms with E-state index in [1.54, 1.807) is 6.92 Å². The Bertz CT molecular complexity index is 456. The molecule has 1 aromatic rings. The number of ether oxygens (including phenoxy) is 1. The van der Waals surface area contributed by atoms with Crippen LogP contribution in [0.1, 0.15) is 31.7 Å². The van der Waals surface area contributed by atoms with Crippen LogP contribution in [0.3, 0.4) is 0 Å². The van der Waals surface area contributed by atoms with E-state index in [0.717, 1.165) is 24.2 Å². The lowest BCUT2D eigenvalue weighted by Gasteiger charge is -2.26. The van der Waals surface area contributed by atoms with Gasteiger partial charge in [0.2, 0.25) is 0 Å². The van der Waals surface area contributed by atoms with Crippen molar-refractivity contribution in [3.05, 3.63) is 29.8 Å². The molecule has 0 spiro atoms. The van der Waals surface area contributed by atoms with Gasteiger partial charge >= 0.3 is 5.97 Å². The Hall–Kier alpha value is -1.55. The quantitative estimate of drug-likeness (QED) is 0.793. The molecule has 4 heteroatoms. The molecule has 19 heavy (non-hydrogen) atoms. The van der Waals surface area contributed by atoms with Gasteiger partial charge in [0.25, 0.3) is 0 Å². The largest absolute Gasteiger partial charge is 0.493 e. The van der Waals surface area contributed by atoms with Crippen molar-refractivity contribution < 1.29 is 14.6 Å². The van der Waals surface area contributed by atoms with Gasteiger partial charge in [-0.05, 0) is 44.4 Å². The van der Waals surface area contributed by atoms with Crippen molar-refractivity contribution in [2.75, 3.05) is 6.61 Å². The van der Waals surface area contributed by atoms with E-state index in [9.17, 15) is 9.90 Å². The lowest BCUT2D eigenvalue weighted by molar-refractivity contribution is -0.144. The van der Waals surface area contributed by atoms with E-state index in [1.807, 2.05) is 31.2 Å². The number of hydrogen-bond donors (Lipinski definition) is 2. The maximum absolute atomic E-state index is 11.4. The third-order valence-corrected chi connectivity index (χ3v) is 3.43. The molecule has 2 rings (SSSR count). The van der Waals surface area contributed by atoms with E-state index >= 15 is 0 Å². The Kier molecular flexibility index (Phi) is 4.10. The Morgan fingerprint density at radius 3 is 2.84 bits per heavy atom. The molecular weight excluding hydrogens is 242 g/mol. The fourth-order valence-electron chi connectivity index (χ4n) is 2.00. The molecule has 1 unspecified atom stereocenters. The number of nitrogens with one attached hydrogen (secondary N) is 1. The van der Waals surface area contributed by atoms with Crippen LogP contribution < -0.4 is 10.1 Å². The van der Waals surface area contributed by atoms with Gasteiger partial charge in [0, 0.05) is 12.5 Å². The molecule has 0 aliphatic heterocycles. The van der Waals surface area contributed by atoms with Crippen LogP contribution in [0.15, 0.2) is 24.3 Å². The predicted molar refractivity (Wildman–Crippen MR) is 73.5 cm³/mol. The molecule has 1 saturated carbocycles. The van der Waals surface area contributed by atoms with Gasteiger partial charge in [0.1, 0.15) is 11.3 Å². The Labute approximate surface area is 113 Å². The van der Waals surface area contributed by atoms with E-state index in [1.165, 1.54) is 0 Å². The first-order chi connectivity index (χ1) is 8.99. The smallest absolute Gasteiger partial charge is 0.323 e. The zero-order valence-corrected chi connectivity index (χ0v) is 11.5. The molecule has 0 aromatic heterocycles. The SMILES string of the molecule is Cc1cccc(OCCC(C)(NC2CC2)C(=O)O)c1. The average molecular weight is 263 g/mol. The molecule has 1 aliphatic rings. The average Bonchev–Trinajstić information content (AvgIpc) is 3.12. The first-order valence-corrected chi connectivity index (χ1v) is 6.70. The topological polar surface area (TPSA) is 58.6 Å². The highest BCUT2D eigenvalue weighted by Crippen LogP contribution is 2.24. The summed E-state index contributed by atoms with van der Waals surface area (Å²) in [5.74, 6) is -0.0218. The standard InChI is InChI=1S/C15H21NO3/c1-11-4-3-5-13(10-11)19-9-8-15(2,14(17)18)16-12-6-7-12/h3-5,10,12,16H,6-9H2,1-2H3,(H,17,18). The summed E-state index contributed by atoms with van der Waals surface area (Å²) in [4.78, 5) is 11.4. The zero-order valence-electron chi connectivity index (χ0n) is 11.5. The molecule has 0 radical (unpaired) electrons. The van der Waals surface area contributed by atoms with E-state index in [-0.39, 0.29) is 0 Å². The van der Waals surface area contributed by atoms with Crippen LogP contribution in [-0.4, -0.2) is 29.3 Å². The van der Waals surface area contributed by atoms with Crippen molar-refractivity contribution in [2.45, 2.75) is 44.7 Å². The Morgan fingerprint density at radius 1 is 1.53 bits per heavy atom. The number of aliphatic carboxylic acids is 1. The molecule has 0 bridgehead atoms. The minimum atomic E-state index is -0.898. The van der Waals surface area contributed by atoms with Gasteiger partial charge in [-0.1, -0.05) is 12.1 Å². The van der Waals surface area contributed by atoms with Crippen LogP contribution in [0, 0.1) is 6.92 Å². The molecule has 0 amide bonds. The molecule has 2 N–H and O–H groups in total. The molecular formula is C15H21NO3. The van der Waals surface area contributed by atoms with Crippen molar-refractivity contribution in [3.8, 4) is 5.75 Å². The minimum absolute atomic E-state index is 0.361. The van der Waals surface area contributed by atoms with Gasteiger partial charge in [-0.3, -0.25) is 10.1 Å². The van der Waals surface area contributed by atoms with Crippen molar-refractivity contribution in [3.63, 3.8) is 0 Å². The third-order valence-electron chi connectivity index (χ3n) is 3.43. The number of benzene rings is 1. The maximum atomic E-state index is 11.4. The van der Waals surface area contributed by atoms with Crippen LogP contribution >= 0.6 is 0 Å². The van der Waals surface area contributed by atoms with Crippen molar-refractivity contribution in [1.29, 1.82) is 0 Å². The first-order valence-electron chi connectivity index (χ1n) is 6.70. The van der Waals surface area contributed by atoms with Crippen LogP contribution in [-0.2, 0) is 4.79 Å². The van der Waals surface area contributed by atoms with E-state index in [0.29, 0.717) is 19.1 Å². The molecule has 1 aromatic carbocycles. The summed E-state index contributed by atoms with van der Waals surface area (Å²) >= 11 is 0. The van der Waals surface area contributed by atoms with Gasteiger partial charge in [0.05, 0.1) is 6.61 Å². The first kappa shape index (κ1) is 13.9. The number of hydrogen-bond acceptors (Lipinski definition) is 3. The van der Waals surface area contributed by atoms with Crippen LogP contribution in [0.4, 0.5) is 0 Å². The van der Waals surface area contributed by atoms with Crippen molar-refractivity contribution in [1.82, 2.24) is 5.32 Å². The summed E-state index contributed by atoms with van der Waals surface area (Å²) in [5, 5.41) is 12.5. The maximum Gasteiger partial charge on any atom is 0.323 e. The molecule has 4 nitrogen and oxygen atoms in total. The van der Waals surface area contributed by atoms with Gasteiger partial charge in [-0.2, -0.15) is 0 Å². The summed E-state index contributed by atoms with van der Waals surface area (Å²) < 4.78 is 5.63. The second-order valence-corrected chi connectivity index (χ2v) is 5.47. The van der Waals surface area contributed by atoms with Crippen LogP contribution in [0.5, 0.6) is 5.75 Å². The molecule has 104 valence electrons. The van der Waals surface area contributed by atoms with Crippen LogP contribution in [0.2, 0.25) is 0 Å². The molecule has 1 aliphatic carbocycles. The molecule has 0 saturated heterocycles. The van der Waals surface area contributed by atoms with Gasteiger partial charge in [0.15, 0.2) is 0 Å². The van der Waals surface area contributed by atoms with Gasteiger partial charge in [-0.15, -0.1) is 0 Å². The second kappa shape index (κ2) is 5.61. The number of carboxylic acids is 1. The lowest BCUT2D eigenvalue weighted by Crippen LogP contribution is -2.51. The molecule has 0 heterocycles. The second-order valence-electron chi connectivity index (χ2n) is 5.47. The lowest BCUT2D eigenvalue weighted by atomic mass is 9.98. The Morgan fingerprint density at radius 2 is 2.26 bits per heavy atom. The van der Waals surface area contributed by atoms with E-state index < -0.39 is 11.5 Å². The monoisotopic (exact) mass is 263 g/mol. The summed E-state index contributed by atoms with van der Waals surface area (Å²) in [6, 6.07) is 8.14. The minimum Gasteiger partial charge on any atom is -0.493 e. The fraction of sp³-hybridized carbons (Fsp3) is 0.533. The highest BCUT2D eigenvalue weighted by Gasteiger charge is 2.38. The summed E-state index contributed by atoms with van der Waals surface area (Å²) in [7, 11) is 0. The predicted octanol–water partition coefficient (Wildman–Crippen LogP) is 2.36. The zero-order chi connectivity index (χ0) is 13.9. The van der Waals surface area contributed by atoms with E-state index in [4.69, 9.17) is 4.74 Å². The highest BCUT2D eigenvalue weighted by atomic mass is 16.5. The summed E-state index contributed by atoms with van der Waals surface area (Å²) in [6.45, 7) is 4.13. The van der Waals surface area contributed by atoms with Crippen LogP contribution in [0.25, 0.3) is 0 Å². The number of aryl methyl sites for hydroxylation is 1. The van der Waals surface area contributed by atoms with E-state index in [2.05, 4.69) is 5.32 Å². The summed E-state index contributed by atoms with van der Waals surface area (Å²) in [5.41, 5.74) is 0.236. The Balaban J connectivity index is 1.86. The van der Waals surface area contributed by atoms with Crippen molar-refractivity contribution in [2.24, 2.45) is 0 Å². The highest BCUT2D eigenvalue weighted by molar-refractivity contribution is 5.78. The van der Waals surface area contributed by atoms with Crippen molar-refractivity contribution >= 4 is 5.97 Å².